The van der Waals surface area contributed by atoms with Gasteiger partial charge in [-0.15, -0.1) is 0 Å². The summed E-state index contributed by atoms with van der Waals surface area (Å²) in [4.78, 5) is 11.6. The summed E-state index contributed by atoms with van der Waals surface area (Å²) in [6.45, 7) is 2.02. The zero-order valence-corrected chi connectivity index (χ0v) is 11.7. The highest BCUT2D eigenvalue weighted by Crippen LogP contribution is 2.08. The highest BCUT2D eigenvalue weighted by atomic mass is 32.2. The van der Waals surface area contributed by atoms with Gasteiger partial charge in [0.2, 0.25) is 5.91 Å². The van der Waals surface area contributed by atoms with Crippen molar-refractivity contribution in [1.82, 2.24) is 5.32 Å². The Bertz CT molecular complexity index is 418. The fraction of sp³-hybridized carbons (Fsp3) is 0.357. The lowest BCUT2D eigenvalue weighted by atomic mass is 10.2. The number of nitrogens with one attached hydrogen (secondary N) is 1. The summed E-state index contributed by atoms with van der Waals surface area (Å²) in [6.07, 6.45) is 6.37. The van der Waals surface area contributed by atoms with Gasteiger partial charge < -0.3 is 11.1 Å². The van der Waals surface area contributed by atoms with Crippen molar-refractivity contribution >= 4 is 29.4 Å². The van der Waals surface area contributed by atoms with E-state index in [2.05, 4.69) is 11.6 Å². The van der Waals surface area contributed by atoms with Gasteiger partial charge in [0.1, 0.15) is 0 Å². The number of rotatable bonds is 6. The summed E-state index contributed by atoms with van der Waals surface area (Å²) in [5.41, 5.74) is 7.30. The fourth-order valence-corrected chi connectivity index (χ4v) is 2.08. The summed E-state index contributed by atoms with van der Waals surface area (Å²) in [5.74, 6) is 0.992. The van der Waals surface area contributed by atoms with E-state index in [1.54, 1.807) is 23.9 Å². The van der Waals surface area contributed by atoms with Gasteiger partial charge in [-0.05, 0) is 49.1 Å². The molecule has 0 saturated heterocycles. The first-order valence-electron chi connectivity index (χ1n) is 5.95. The van der Waals surface area contributed by atoms with Gasteiger partial charge in [0.25, 0.3) is 0 Å². The van der Waals surface area contributed by atoms with E-state index >= 15 is 0 Å². The maximum atomic E-state index is 11.6. The fourth-order valence-electron chi connectivity index (χ4n) is 1.49. The average Bonchev–Trinajstić information content (AvgIpc) is 2.34. The molecule has 0 aliphatic rings. The first-order valence-corrected chi connectivity index (χ1v) is 7.34. The minimum Gasteiger partial charge on any atom is -0.399 e. The van der Waals surface area contributed by atoms with Crippen molar-refractivity contribution in [2.24, 2.45) is 0 Å². The van der Waals surface area contributed by atoms with Gasteiger partial charge in [0, 0.05) is 17.8 Å². The molecule has 0 saturated carbocycles. The molecular weight excluding hydrogens is 244 g/mol. The summed E-state index contributed by atoms with van der Waals surface area (Å²) in [5, 5.41) is 2.93. The van der Waals surface area contributed by atoms with Crippen LogP contribution in [-0.4, -0.2) is 24.0 Å². The molecule has 18 heavy (non-hydrogen) atoms. The van der Waals surface area contributed by atoms with Crippen LogP contribution in [0.5, 0.6) is 0 Å². The highest BCUT2D eigenvalue weighted by Gasteiger charge is 2.03. The zero-order chi connectivity index (χ0) is 13.4. The molecule has 0 heterocycles. The molecule has 0 fully saturated rings. The molecule has 0 aliphatic heterocycles. The third kappa shape index (κ3) is 5.77. The molecule has 3 N–H and O–H groups in total. The number of hydrogen-bond donors (Lipinski definition) is 2. The van der Waals surface area contributed by atoms with Crippen LogP contribution in [0.25, 0.3) is 6.08 Å². The molecule has 4 heteroatoms. The Kier molecular flexibility index (Phi) is 6.36. The van der Waals surface area contributed by atoms with Crippen molar-refractivity contribution < 1.29 is 4.79 Å². The molecule has 0 aliphatic carbocycles. The number of anilines is 1. The lowest BCUT2D eigenvalue weighted by molar-refractivity contribution is -0.117. The highest BCUT2D eigenvalue weighted by molar-refractivity contribution is 7.98. The molecule has 0 aromatic heterocycles. The second-order valence-electron chi connectivity index (χ2n) is 4.19. The number of carbonyl (C=O) groups is 1. The molecule has 0 spiro atoms. The molecule has 1 atom stereocenters. The van der Waals surface area contributed by atoms with Gasteiger partial charge in [-0.3, -0.25) is 4.79 Å². The van der Waals surface area contributed by atoms with E-state index in [1.165, 1.54) is 0 Å². The van der Waals surface area contributed by atoms with Crippen molar-refractivity contribution in [2.45, 2.75) is 19.4 Å². The lowest BCUT2D eigenvalue weighted by Crippen LogP contribution is -2.31. The quantitative estimate of drug-likeness (QED) is 0.613. The second kappa shape index (κ2) is 7.82. The molecule has 1 aromatic carbocycles. The molecule has 98 valence electrons. The number of amides is 1. The van der Waals surface area contributed by atoms with E-state index in [-0.39, 0.29) is 11.9 Å². The Morgan fingerprint density at radius 3 is 3.00 bits per heavy atom. The first-order chi connectivity index (χ1) is 8.61. The Labute approximate surface area is 113 Å². The molecule has 1 aromatic rings. The maximum Gasteiger partial charge on any atom is 0.244 e. The van der Waals surface area contributed by atoms with Crippen molar-refractivity contribution in [3.8, 4) is 0 Å². The van der Waals surface area contributed by atoms with Gasteiger partial charge in [-0.1, -0.05) is 12.1 Å². The Hall–Kier alpha value is -1.42. The van der Waals surface area contributed by atoms with Crippen molar-refractivity contribution in [2.75, 3.05) is 17.7 Å². The normalized spacial score (nSPS) is 12.6. The average molecular weight is 264 g/mol. The van der Waals surface area contributed by atoms with E-state index in [0.29, 0.717) is 5.69 Å². The Morgan fingerprint density at radius 2 is 2.33 bits per heavy atom. The van der Waals surface area contributed by atoms with E-state index in [4.69, 9.17) is 5.73 Å². The molecule has 1 unspecified atom stereocenters. The standard InChI is InChI=1S/C14H20N2OS/c1-11(8-9-18-2)16-14(17)7-6-12-4-3-5-13(15)10-12/h3-7,10-11H,8-9,15H2,1-2H3,(H,16,17)/b7-6+. The number of carbonyl (C=O) groups excluding carboxylic acids is 1. The summed E-state index contributed by atoms with van der Waals surface area (Å²) in [6, 6.07) is 7.64. The minimum absolute atomic E-state index is 0.0639. The van der Waals surface area contributed by atoms with Crippen LogP contribution in [0.2, 0.25) is 0 Å². The number of nitrogen functional groups attached to an aromatic ring is 1. The predicted octanol–water partition coefficient (Wildman–Crippen LogP) is 2.54. The maximum absolute atomic E-state index is 11.6. The van der Waals surface area contributed by atoms with Crippen LogP contribution in [0, 0.1) is 0 Å². The summed E-state index contributed by atoms with van der Waals surface area (Å²) >= 11 is 1.79. The Morgan fingerprint density at radius 1 is 1.56 bits per heavy atom. The van der Waals surface area contributed by atoms with E-state index in [0.717, 1.165) is 17.7 Å². The first kappa shape index (κ1) is 14.6. The number of nitrogens with two attached hydrogens (primary N) is 1. The number of benzene rings is 1. The van der Waals surface area contributed by atoms with E-state index < -0.39 is 0 Å². The Balaban J connectivity index is 2.44. The van der Waals surface area contributed by atoms with Gasteiger partial charge in [0.05, 0.1) is 0 Å². The largest absolute Gasteiger partial charge is 0.399 e. The molecule has 0 radical (unpaired) electrons. The van der Waals surface area contributed by atoms with Crippen LogP contribution in [-0.2, 0) is 4.79 Å². The topological polar surface area (TPSA) is 55.1 Å². The smallest absolute Gasteiger partial charge is 0.244 e. The van der Waals surface area contributed by atoms with Crippen LogP contribution in [0.15, 0.2) is 30.3 Å². The van der Waals surface area contributed by atoms with E-state index in [1.807, 2.05) is 31.2 Å². The van der Waals surface area contributed by atoms with Gasteiger partial charge in [0.15, 0.2) is 0 Å². The van der Waals surface area contributed by atoms with Crippen LogP contribution in [0.3, 0.4) is 0 Å². The van der Waals surface area contributed by atoms with E-state index in [9.17, 15) is 4.79 Å². The molecule has 1 rings (SSSR count). The van der Waals surface area contributed by atoms with Crippen molar-refractivity contribution in [3.63, 3.8) is 0 Å². The predicted molar refractivity (Wildman–Crippen MR) is 80.5 cm³/mol. The number of thioether (sulfide) groups is 1. The zero-order valence-electron chi connectivity index (χ0n) is 10.8. The lowest BCUT2D eigenvalue weighted by Gasteiger charge is -2.11. The van der Waals surface area contributed by atoms with Crippen molar-refractivity contribution in [1.29, 1.82) is 0 Å². The van der Waals surface area contributed by atoms with Crippen LogP contribution < -0.4 is 11.1 Å². The van der Waals surface area contributed by atoms with Gasteiger partial charge >= 0.3 is 0 Å². The SMILES string of the molecule is CSCCC(C)NC(=O)/C=C/c1cccc(N)c1. The second-order valence-corrected chi connectivity index (χ2v) is 5.18. The third-order valence-electron chi connectivity index (χ3n) is 2.48. The van der Waals surface area contributed by atoms with Crippen molar-refractivity contribution in [3.05, 3.63) is 35.9 Å². The monoisotopic (exact) mass is 264 g/mol. The molecule has 1 amide bonds. The number of hydrogen-bond acceptors (Lipinski definition) is 3. The molecular formula is C14H20N2OS. The van der Waals surface area contributed by atoms with Crippen LogP contribution >= 0.6 is 11.8 Å². The van der Waals surface area contributed by atoms with Gasteiger partial charge in [-0.2, -0.15) is 11.8 Å². The van der Waals surface area contributed by atoms with Crippen LogP contribution in [0.4, 0.5) is 5.69 Å². The summed E-state index contributed by atoms with van der Waals surface area (Å²) < 4.78 is 0. The minimum atomic E-state index is -0.0639. The van der Waals surface area contributed by atoms with Crippen LogP contribution in [0.1, 0.15) is 18.9 Å². The third-order valence-corrected chi connectivity index (χ3v) is 3.13. The molecule has 3 nitrogen and oxygen atoms in total. The van der Waals surface area contributed by atoms with Gasteiger partial charge in [-0.25, -0.2) is 0 Å². The summed E-state index contributed by atoms with van der Waals surface area (Å²) in [7, 11) is 0. The molecule has 0 bridgehead atoms.